The molecule has 36 heavy (non-hydrogen) atoms. The predicted octanol–water partition coefficient (Wildman–Crippen LogP) is 4.08. The Morgan fingerprint density at radius 3 is 2.53 bits per heavy atom. The topological polar surface area (TPSA) is 94.8 Å². The first-order valence-electron chi connectivity index (χ1n) is 12.7. The van der Waals surface area contributed by atoms with E-state index in [9.17, 15) is 10.2 Å². The first-order valence-corrected chi connectivity index (χ1v) is 13.9. The molecule has 1 atom stereocenters. The Morgan fingerprint density at radius 2 is 1.92 bits per heavy atom. The van der Waals surface area contributed by atoms with Gasteiger partial charge in [0, 0.05) is 43.2 Å². The second-order valence-electron chi connectivity index (χ2n) is 11.2. The Hall–Kier alpha value is -1.65. The number of halogens is 1. The van der Waals surface area contributed by atoms with Crippen LogP contribution in [0.25, 0.3) is 0 Å². The highest BCUT2D eigenvalue weighted by Crippen LogP contribution is 2.44. The molecule has 5 heterocycles. The highest BCUT2D eigenvalue weighted by atomic mass is 35.5. The molecule has 3 fully saturated rings. The second kappa shape index (κ2) is 9.91. The molecule has 196 valence electrons. The molecule has 10 heteroatoms. The number of hydrogen-bond acceptors (Lipinski definition) is 9. The molecule has 5 rings (SSSR count). The third-order valence-electron chi connectivity index (χ3n) is 7.97. The zero-order valence-corrected chi connectivity index (χ0v) is 23.1. The van der Waals surface area contributed by atoms with E-state index in [0.717, 1.165) is 66.2 Å². The van der Waals surface area contributed by atoms with E-state index >= 15 is 0 Å². The Labute approximate surface area is 222 Å². The standard InChI is InChI=1S/C26H36ClN5O3S/c1-16-11-26(15-35-16)6-9-31(10-7-26)22-19(14-33)30-24(17(2)29-22)36-20-5-8-28-23(21(20)27)32-12-18(13-32)25(3,4)34/h5,8,16,18,33-34H,6-7,9-15H2,1-4H3/t16-/m0/s1. The van der Waals surface area contributed by atoms with Crippen LogP contribution in [0.3, 0.4) is 0 Å². The van der Waals surface area contributed by atoms with E-state index in [1.807, 2.05) is 26.8 Å². The number of anilines is 2. The van der Waals surface area contributed by atoms with Gasteiger partial charge in [0.25, 0.3) is 0 Å². The van der Waals surface area contributed by atoms with Gasteiger partial charge in [-0.25, -0.2) is 15.0 Å². The SMILES string of the molecule is Cc1nc(N2CCC3(CC2)CO[C@@H](C)C3)c(CO)nc1Sc1ccnc(N2CC(C(C)(C)O)C2)c1Cl. The van der Waals surface area contributed by atoms with Gasteiger partial charge in [0.15, 0.2) is 5.82 Å². The quantitative estimate of drug-likeness (QED) is 0.569. The molecule has 3 aliphatic rings. The van der Waals surface area contributed by atoms with Crippen LogP contribution in [0, 0.1) is 18.3 Å². The summed E-state index contributed by atoms with van der Waals surface area (Å²) in [5.41, 5.74) is 0.970. The van der Waals surface area contributed by atoms with Crippen molar-refractivity contribution in [3.63, 3.8) is 0 Å². The maximum Gasteiger partial charge on any atom is 0.153 e. The number of hydrogen-bond donors (Lipinski definition) is 2. The lowest BCUT2D eigenvalue weighted by Gasteiger charge is -2.46. The van der Waals surface area contributed by atoms with Crippen LogP contribution in [0.15, 0.2) is 22.2 Å². The van der Waals surface area contributed by atoms with Crippen LogP contribution in [0.1, 0.15) is 51.4 Å². The fraction of sp³-hybridized carbons (Fsp3) is 0.654. The number of aromatic nitrogens is 3. The molecule has 3 aliphatic heterocycles. The average Bonchev–Trinajstić information content (AvgIpc) is 3.15. The van der Waals surface area contributed by atoms with Gasteiger partial charge in [0.1, 0.15) is 16.5 Å². The number of ether oxygens (including phenoxy) is 1. The molecule has 0 radical (unpaired) electrons. The second-order valence-corrected chi connectivity index (χ2v) is 12.6. The third kappa shape index (κ3) is 5.05. The summed E-state index contributed by atoms with van der Waals surface area (Å²) in [5.74, 6) is 1.69. The van der Waals surface area contributed by atoms with Gasteiger partial charge in [-0.1, -0.05) is 23.4 Å². The van der Waals surface area contributed by atoms with Crippen LogP contribution in [0.4, 0.5) is 11.6 Å². The highest BCUT2D eigenvalue weighted by Gasteiger charge is 2.42. The molecule has 3 saturated heterocycles. The summed E-state index contributed by atoms with van der Waals surface area (Å²) in [7, 11) is 0. The van der Waals surface area contributed by atoms with Crippen molar-refractivity contribution in [3.8, 4) is 0 Å². The van der Waals surface area contributed by atoms with E-state index in [0.29, 0.717) is 29.9 Å². The van der Waals surface area contributed by atoms with Gasteiger partial charge in [0.2, 0.25) is 0 Å². The fourth-order valence-electron chi connectivity index (χ4n) is 5.49. The Bertz CT molecular complexity index is 1110. The van der Waals surface area contributed by atoms with E-state index in [-0.39, 0.29) is 17.9 Å². The maximum atomic E-state index is 10.3. The first-order chi connectivity index (χ1) is 17.1. The van der Waals surface area contributed by atoms with Gasteiger partial charge in [-0.3, -0.25) is 0 Å². The van der Waals surface area contributed by atoms with Gasteiger partial charge >= 0.3 is 0 Å². The summed E-state index contributed by atoms with van der Waals surface area (Å²) in [4.78, 5) is 19.4. The van der Waals surface area contributed by atoms with E-state index in [1.54, 1.807) is 6.20 Å². The molecule has 1 spiro atoms. The summed E-state index contributed by atoms with van der Waals surface area (Å²) < 4.78 is 5.87. The summed E-state index contributed by atoms with van der Waals surface area (Å²) in [6.07, 6.45) is 5.35. The minimum atomic E-state index is -0.720. The van der Waals surface area contributed by atoms with Crippen LogP contribution in [-0.4, -0.2) is 69.7 Å². The van der Waals surface area contributed by atoms with E-state index in [1.165, 1.54) is 11.8 Å². The van der Waals surface area contributed by atoms with Gasteiger partial charge < -0.3 is 24.7 Å². The molecule has 8 nitrogen and oxygen atoms in total. The number of aliphatic hydroxyl groups is 2. The molecule has 0 saturated carbocycles. The van der Waals surface area contributed by atoms with Crippen molar-refractivity contribution in [2.45, 2.75) is 75.2 Å². The van der Waals surface area contributed by atoms with Crippen molar-refractivity contribution in [1.29, 1.82) is 0 Å². The van der Waals surface area contributed by atoms with Crippen molar-refractivity contribution < 1.29 is 14.9 Å². The maximum absolute atomic E-state index is 10.3. The number of rotatable bonds is 6. The Kier molecular flexibility index (Phi) is 7.15. The molecule has 0 aliphatic carbocycles. The predicted molar refractivity (Wildman–Crippen MR) is 142 cm³/mol. The van der Waals surface area contributed by atoms with E-state index < -0.39 is 5.60 Å². The van der Waals surface area contributed by atoms with Crippen LogP contribution in [-0.2, 0) is 11.3 Å². The highest BCUT2D eigenvalue weighted by molar-refractivity contribution is 7.99. The molecule has 2 aromatic rings. The first kappa shape index (κ1) is 26.0. The summed E-state index contributed by atoms with van der Waals surface area (Å²) >= 11 is 8.22. The van der Waals surface area contributed by atoms with Crippen LogP contribution in [0.5, 0.6) is 0 Å². The van der Waals surface area contributed by atoms with Gasteiger partial charge in [-0.05, 0) is 58.4 Å². The minimum Gasteiger partial charge on any atom is -0.390 e. The number of piperidine rings is 1. The summed E-state index contributed by atoms with van der Waals surface area (Å²) in [6, 6.07) is 1.88. The molecular weight excluding hydrogens is 498 g/mol. The number of aryl methyl sites for hydroxylation is 1. The lowest BCUT2D eigenvalue weighted by molar-refractivity contribution is 0.00438. The third-order valence-corrected chi connectivity index (χ3v) is 9.59. The lowest BCUT2D eigenvalue weighted by atomic mass is 9.77. The van der Waals surface area contributed by atoms with Crippen LogP contribution >= 0.6 is 23.4 Å². The molecule has 0 amide bonds. The fourth-order valence-corrected chi connectivity index (χ4v) is 6.70. The summed E-state index contributed by atoms with van der Waals surface area (Å²) in [5, 5.41) is 21.7. The molecule has 0 bridgehead atoms. The van der Waals surface area contributed by atoms with Gasteiger partial charge in [-0.2, -0.15) is 0 Å². The van der Waals surface area contributed by atoms with Crippen molar-refractivity contribution in [2.75, 3.05) is 42.6 Å². The number of aliphatic hydroxyl groups excluding tert-OH is 1. The monoisotopic (exact) mass is 533 g/mol. The number of nitrogens with zero attached hydrogens (tertiary/aromatic N) is 5. The normalized spacial score (nSPS) is 22.4. The zero-order valence-electron chi connectivity index (χ0n) is 21.5. The van der Waals surface area contributed by atoms with Crippen molar-refractivity contribution >= 4 is 35.0 Å². The summed E-state index contributed by atoms with van der Waals surface area (Å²) in [6.45, 7) is 11.7. The molecule has 2 N–H and O–H groups in total. The van der Waals surface area contributed by atoms with E-state index in [4.69, 9.17) is 26.3 Å². The van der Waals surface area contributed by atoms with Crippen molar-refractivity contribution in [1.82, 2.24) is 15.0 Å². The molecular formula is C26H36ClN5O3S. The lowest BCUT2D eigenvalue weighted by Crippen LogP contribution is -2.56. The number of pyridine rings is 1. The van der Waals surface area contributed by atoms with E-state index in [2.05, 4.69) is 21.7 Å². The minimum absolute atomic E-state index is 0.167. The van der Waals surface area contributed by atoms with Crippen LogP contribution in [0.2, 0.25) is 5.02 Å². The Balaban J connectivity index is 1.31. The van der Waals surface area contributed by atoms with Crippen molar-refractivity contribution in [2.24, 2.45) is 11.3 Å². The smallest absolute Gasteiger partial charge is 0.153 e. The largest absolute Gasteiger partial charge is 0.390 e. The molecule has 2 aromatic heterocycles. The van der Waals surface area contributed by atoms with Gasteiger partial charge in [-0.15, -0.1) is 0 Å². The Morgan fingerprint density at radius 1 is 1.19 bits per heavy atom. The van der Waals surface area contributed by atoms with Crippen molar-refractivity contribution in [3.05, 3.63) is 28.7 Å². The molecule has 0 aromatic carbocycles. The molecule has 0 unspecified atom stereocenters. The van der Waals surface area contributed by atoms with Gasteiger partial charge in [0.05, 0.1) is 35.6 Å². The average molecular weight is 534 g/mol. The zero-order chi connectivity index (χ0) is 25.7. The van der Waals surface area contributed by atoms with Crippen LogP contribution < -0.4 is 9.80 Å².